The molecule has 1 N–H and O–H groups in total. The van der Waals surface area contributed by atoms with Crippen molar-refractivity contribution in [2.45, 2.75) is 26.2 Å². The van der Waals surface area contributed by atoms with Crippen LogP contribution in [0.2, 0.25) is 0 Å². The van der Waals surface area contributed by atoms with Crippen LogP contribution < -0.4 is 19.7 Å². The molecule has 0 bridgehead atoms. The highest BCUT2D eigenvalue weighted by molar-refractivity contribution is 5.91. The van der Waals surface area contributed by atoms with Crippen LogP contribution in [-0.4, -0.2) is 33.2 Å². The van der Waals surface area contributed by atoms with Gasteiger partial charge in [0.2, 0.25) is 5.91 Å². The zero-order valence-corrected chi connectivity index (χ0v) is 15.7. The standard InChI is InChI=1S/C21H26N2O3/c1-15-13-17(7-8-18(15)23(2)3)22-21(24)10-6-16-5-9-19-20(14-16)26-12-4-11-25-19/h5,7-9,13-14H,4,6,10-12H2,1-3H3,(H,22,24). The van der Waals surface area contributed by atoms with Crippen molar-refractivity contribution in [2.75, 3.05) is 37.5 Å². The van der Waals surface area contributed by atoms with Crippen LogP contribution in [0.25, 0.3) is 0 Å². The molecule has 0 saturated heterocycles. The van der Waals surface area contributed by atoms with Crippen LogP contribution in [0.15, 0.2) is 36.4 Å². The van der Waals surface area contributed by atoms with Crippen LogP contribution in [0.5, 0.6) is 11.5 Å². The summed E-state index contributed by atoms with van der Waals surface area (Å²) < 4.78 is 11.3. The van der Waals surface area contributed by atoms with Gasteiger partial charge in [0.1, 0.15) is 0 Å². The molecule has 0 spiro atoms. The summed E-state index contributed by atoms with van der Waals surface area (Å²) in [5.74, 6) is 1.57. The van der Waals surface area contributed by atoms with Crippen molar-refractivity contribution < 1.29 is 14.3 Å². The second-order valence-corrected chi connectivity index (χ2v) is 6.78. The number of carbonyl (C=O) groups excluding carboxylic acids is 1. The van der Waals surface area contributed by atoms with Gasteiger partial charge in [0.15, 0.2) is 11.5 Å². The first-order valence-electron chi connectivity index (χ1n) is 8.99. The van der Waals surface area contributed by atoms with Gasteiger partial charge in [-0.05, 0) is 54.8 Å². The van der Waals surface area contributed by atoms with Crippen molar-refractivity contribution in [1.29, 1.82) is 0 Å². The zero-order chi connectivity index (χ0) is 18.5. The summed E-state index contributed by atoms with van der Waals surface area (Å²) in [6.45, 7) is 3.39. The van der Waals surface area contributed by atoms with E-state index in [1.54, 1.807) is 0 Å². The number of aryl methyl sites for hydroxylation is 2. The number of fused-ring (bicyclic) bond motifs is 1. The number of rotatable bonds is 5. The molecule has 5 nitrogen and oxygen atoms in total. The molecule has 0 radical (unpaired) electrons. The third kappa shape index (κ3) is 4.48. The molecule has 2 aromatic rings. The van der Waals surface area contributed by atoms with E-state index in [0.29, 0.717) is 26.1 Å². The minimum absolute atomic E-state index is 0.00844. The second-order valence-electron chi connectivity index (χ2n) is 6.78. The maximum absolute atomic E-state index is 12.3. The third-order valence-electron chi connectivity index (χ3n) is 4.42. The molecule has 1 heterocycles. The van der Waals surface area contributed by atoms with Crippen LogP contribution in [0.1, 0.15) is 24.0 Å². The van der Waals surface area contributed by atoms with Crippen LogP contribution in [-0.2, 0) is 11.2 Å². The minimum Gasteiger partial charge on any atom is -0.490 e. The maximum Gasteiger partial charge on any atom is 0.224 e. The molecule has 0 aromatic heterocycles. The number of carbonyl (C=O) groups is 1. The molecule has 3 rings (SSSR count). The van der Waals surface area contributed by atoms with Gasteiger partial charge in [0, 0.05) is 38.3 Å². The number of ether oxygens (including phenoxy) is 2. The van der Waals surface area contributed by atoms with Crippen molar-refractivity contribution >= 4 is 17.3 Å². The van der Waals surface area contributed by atoms with E-state index in [2.05, 4.69) is 10.2 Å². The molecule has 26 heavy (non-hydrogen) atoms. The highest BCUT2D eigenvalue weighted by atomic mass is 16.5. The lowest BCUT2D eigenvalue weighted by molar-refractivity contribution is -0.116. The predicted molar refractivity (Wildman–Crippen MR) is 105 cm³/mol. The first kappa shape index (κ1) is 18.1. The first-order chi connectivity index (χ1) is 12.5. The number of anilines is 2. The fraction of sp³-hybridized carbons (Fsp3) is 0.381. The van der Waals surface area contributed by atoms with E-state index in [0.717, 1.165) is 40.4 Å². The number of benzene rings is 2. The summed E-state index contributed by atoms with van der Waals surface area (Å²) in [5, 5.41) is 2.98. The van der Waals surface area contributed by atoms with E-state index >= 15 is 0 Å². The van der Waals surface area contributed by atoms with Gasteiger partial charge in [0.25, 0.3) is 0 Å². The third-order valence-corrected chi connectivity index (χ3v) is 4.42. The molecule has 0 atom stereocenters. The van der Waals surface area contributed by atoms with Gasteiger partial charge in [-0.3, -0.25) is 4.79 Å². The SMILES string of the molecule is Cc1cc(NC(=O)CCc2ccc3c(c2)OCCCO3)ccc1N(C)C. The Morgan fingerprint density at radius 2 is 1.85 bits per heavy atom. The quantitative estimate of drug-likeness (QED) is 0.887. The molecule has 1 aliphatic rings. The van der Waals surface area contributed by atoms with E-state index < -0.39 is 0 Å². The Morgan fingerprint density at radius 3 is 2.58 bits per heavy atom. The Labute approximate surface area is 154 Å². The van der Waals surface area contributed by atoms with Gasteiger partial charge in [0.05, 0.1) is 13.2 Å². The maximum atomic E-state index is 12.3. The zero-order valence-electron chi connectivity index (χ0n) is 15.7. The van der Waals surface area contributed by atoms with E-state index in [9.17, 15) is 4.79 Å². The lowest BCUT2D eigenvalue weighted by atomic mass is 10.1. The molecule has 5 heteroatoms. The van der Waals surface area contributed by atoms with E-state index in [-0.39, 0.29) is 5.91 Å². The molecule has 1 aliphatic heterocycles. The molecule has 0 fully saturated rings. The van der Waals surface area contributed by atoms with Gasteiger partial charge in [-0.25, -0.2) is 0 Å². The average Bonchev–Trinajstić information content (AvgIpc) is 2.84. The van der Waals surface area contributed by atoms with Crippen molar-refractivity contribution in [3.05, 3.63) is 47.5 Å². The molecular weight excluding hydrogens is 328 g/mol. The highest BCUT2D eigenvalue weighted by Crippen LogP contribution is 2.30. The van der Waals surface area contributed by atoms with Gasteiger partial charge < -0.3 is 19.7 Å². The van der Waals surface area contributed by atoms with Gasteiger partial charge >= 0.3 is 0 Å². The fourth-order valence-corrected chi connectivity index (χ4v) is 3.08. The van der Waals surface area contributed by atoms with E-state index in [4.69, 9.17) is 9.47 Å². The lowest BCUT2D eigenvalue weighted by Gasteiger charge is -2.16. The topological polar surface area (TPSA) is 50.8 Å². The molecule has 1 amide bonds. The normalized spacial score (nSPS) is 13.0. The largest absolute Gasteiger partial charge is 0.490 e. The summed E-state index contributed by atoms with van der Waals surface area (Å²) in [4.78, 5) is 14.3. The van der Waals surface area contributed by atoms with E-state index in [1.807, 2.05) is 57.4 Å². The number of nitrogens with zero attached hydrogens (tertiary/aromatic N) is 1. The second kappa shape index (κ2) is 8.13. The van der Waals surface area contributed by atoms with Gasteiger partial charge in [-0.2, -0.15) is 0 Å². The first-order valence-corrected chi connectivity index (χ1v) is 8.99. The average molecular weight is 354 g/mol. The molecule has 0 aliphatic carbocycles. The van der Waals surface area contributed by atoms with Crippen LogP contribution in [0, 0.1) is 6.92 Å². The number of hydrogen-bond donors (Lipinski definition) is 1. The lowest BCUT2D eigenvalue weighted by Crippen LogP contribution is -2.14. The Morgan fingerprint density at radius 1 is 1.08 bits per heavy atom. The monoisotopic (exact) mass is 354 g/mol. The predicted octanol–water partition coefficient (Wildman–Crippen LogP) is 3.79. The smallest absolute Gasteiger partial charge is 0.224 e. The van der Waals surface area contributed by atoms with Crippen molar-refractivity contribution in [3.63, 3.8) is 0 Å². The Kier molecular flexibility index (Phi) is 5.66. The Bertz CT molecular complexity index is 787. The minimum atomic E-state index is 0.00844. The molecule has 2 aromatic carbocycles. The highest BCUT2D eigenvalue weighted by Gasteiger charge is 2.12. The summed E-state index contributed by atoms with van der Waals surface area (Å²) >= 11 is 0. The van der Waals surface area contributed by atoms with Gasteiger partial charge in [-0.1, -0.05) is 6.07 Å². The number of hydrogen-bond acceptors (Lipinski definition) is 4. The summed E-state index contributed by atoms with van der Waals surface area (Å²) in [5.41, 5.74) is 4.19. The molecular formula is C21H26N2O3. The van der Waals surface area contributed by atoms with Crippen molar-refractivity contribution in [2.24, 2.45) is 0 Å². The summed E-state index contributed by atoms with van der Waals surface area (Å²) in [6, 6.07) is 11.9. The van der Waals surface area contributed by atoms with Crippen molar-refractivity contribution in [1.82, 2.24) is 0 Å². The summed E-state index contributed by atoms with van der Waals surface area (Å²) in [7, 11) is 4.02. The molecule has 0 unspecified atom stereocenters. The Hall–Kier alpha value is -2.69. The summed E-state index contributed by atoms with van der Waals surface area (Å²) in [6.07, 6.45) is 1.98. The van der Waals surface area contributed by atoms with Gasteiger partial charge in [-0.15, -0.1) is 0 Å². The van der Waals surface area contributed by atoms with Crippen LogP contribution in [0.4, 0.5) is 11.4 Å². The van der Waals surface area contributed by atoms with Crippen molar-refractivity contribution in [3.8, 4) is 11.5 Å². The molecule has 0 saturated carbocycles. The van der Waals surface area contributed by atoms with Crippen LogP contribution in [0.3, 0.4) is 0 Å². The number of nitrogens with one attached hydrogen (secondary N) is 1. The fourth-order valence-electron chi connectivity index (χ4n) is 3.08. The van der Waals surface area contributed by atoms with Crippen LogP contribution >= 0.6 is 0 Å². The van der Waals surface area contributed by atoms with E-state index in [1.165, 1.54) is 0 Å². The number of amides is 1. The molecule has 138 valence electrons. The Balaban J connectivity index is 1.57.